The maximum atomic E-state index is 12.2. The Morgan fingerprint density at radius 3 is 2.38 bits per heavy atom. The number of amides is 1. The normalized spacial score (nSPS) is 11.6. The summed E-state index contributed by atoms with van der Waals surface area (Å²) >= 11 is 11.8. The molecule has 0 unspecified atom stereocenters. The second kappa shape index (κ2) is 8.13. The third-order valence-corrected chi connectivity index (χ3v) is 3.53. The lowest BCUT2D eigenvalue weighted by atomic mass is 10.1. The minimum Gasteiger partial charge on any atom is -0.406 e. The molecule has 2 aromatic rings. The highest BCUT2D eigenvalue weighted by Gasteiger charge is 2.30. The first-order chi connectivity index (χ1) is 12.2. The highest BCUT2D eigenvalue weighted by molar-refractivity contribution is 6.36. The summed E-state index contributed by atoms with van der Waals surface area (Å²) in [6.45, 7) is 0. The fraction of sp³-hybridized carbons (Fsp3) is 0.0588. The van der Waals surface area contributed by atoms with E-state index < -0.39 is 18.0 Å². The van der Waals surface area contributed by atoms with Crippen LogP contribution in [-0.2, 0) is 4.79 Å². The number of nitrogens with zero attached hydrogens (tertiary/aromatic N) is 1. The van der Waals surface area contributed by atoms with Crippen LogP contribution in [0.1, 0.15) is 5.56 Å². The zero-order valence-electron chi connectivity index (χ0n) is 12.8. The van der Waals surface area contributed by atoms with Crippen LogP contribution in [0.25, 0.3) is 6.08 Å². The number of anilines is 1. The van der Waals surface area contributed by atoms with Crippen molar-refractivity contribution >= 4 is 40.9 Å². The molecule has 0 saturated carbocycles. The number of nitrogens with one attached hydrogen (secondary N) is 1. The van der Waals surface area contributed by atoms with Crippen LogP contribution in [0.2, 0.25) is 10.0 Å². The average Bonchev–Trinajstić information content (AvgIpc) is 2.56. The molecule has 1 amide bonds. The van der Waals surface area contributed by atoms with Crippen LogP contribution in [0.5, 0.6) is 5.75 Å². The van der Waals surface area contributed by atoms with Crippen molar-refractivity contribution in [1.29, 1.82) is 5.26 Å². The van der Waals surface area contributed by atoms with Crippen molar-refractivity contribution in [3.63, 3.8) is 0 Å². The molecule has 134 valence electrons. The molecule has 26 heavy (non-hydrogen) atoms. The summed E-state index contributed by atoms with van der Waals surface area (Å²) in [6, 6.07) is 10.8. The van der Waals surface area contributed by atoms with Gasteiger partial charge in [-0.3, -0.25) is 4.79 Å². The van der Waals surface area contributed by atoms with Crippen molar-refractivity contribution in [2.45, 2.75) is 6.36 Å². The summed E-state index contributed by atoms with van der Waals surface area (Å²) in [5, 5.41) is 12.2. The quantitative estimate of drug-likeness (QED) is 0.549. The molecule has 2 aromatic carbocycles. The number of benzene rings is 2. The molecule has 0 heterocycles. The number of ether oxygens (including phenoxy) is 1. The Balaban J connectivity index is 2.18. The highest BCUT2D eigenvalue weighted by atomic mass is 35.5. The lowest BCUT2D eigenvalue weighted by molar-refractivity contribution is -0.274. The maximum Gasteiger partial charge on any atom is 0.573 e. The lowest BCUT2D eigenvalue weighted by Gasteiger charge is -2.09. The molecule has 0 aliphatic rings. The molecule has 0 aliphatic carbocycles. The average molecular weight is 401 g/mol. The van der Waals surface area contributed by atoms with Gasteiger partial charge in [-0.05, 0) is 42.0 Å². The minimum atomic E-state index is -4.80. The summed E-state index contributed by atoms with van der Waals surface area (Å²) in [5.74, 6) is -1.16. The molecule has 0 atom stereocenters. The molecular formula is C17H9Cl2F3N2O2. The zero-order chi connectivity index (χ0) is 19.3. The first-order valence-corrected chi connectivity index (χ1v) is 7.67. The van der Waals surface area contributed by atoms with Crippen LogP contribution in [0, 0.1) is 11.3 Å². The van der Waals surface area contributed by atoms with E-state index in [4.69, 9.17) is 28.5 Å². The van der Waals surface area contributed by atoms with Gasteiger partial charge < -0.3 is 10.1 Å². The molecular weight excluding hydrogens is 392 g/mol. The van der Waals surface area contributed by atoms with Crippen LogP contribution in [-0.4, -0.2) is 12.3 Å². The Bertz CT molecular complexity index is 888. The first-order valence-electron chi connectivity index (χ1n) is 6.92. The van der Waals surface area contributed by atoms with E-state index in [1.54, 1.807) is 6.07 Å². The smallest absolute Gasteiger partial charge is 0.406 e. The zero-order valence-corrected chi connectivity index (χ0v) is 14.3. The Labute approximate surface area is 156 Å². The maximum absolute atomic E-state index is 12.2. The number of nitriles is 1. The first kappa shape index (κ1) is 19.6. The minimum absolute atomic E-state index is 0.222. The number of carbonyl (C=O) groups excluding carboxylic acids is 1. The molecule has 0 bridgehead atoms. The van der Waals surface area contributed by atoms with E-state index in [9.17, 15) is 18.0 Å². The van der Waals surface area contributed by atoms with E-state index in [2.05, 4.69) is 10.1 Å². The molecule has 0 saturated heterocycles. The van der Waals surface area contributed by atoms with Gasteiger partial charge in [-0.2, -0.15) is 5.26 Å². The molecule has 2 rings (SSSR count). The molecule has 0 aliphatic heterocycles. The largest absolute Gasteiger partial charge is 0.573 e. The van der Waals surface area contributed by atoms with Gasteiger partial charge in [0.25, 0.3) is 5.91 Å². The van der Waals surface area contributed by atoms with Gasteiger partial charge in [0.05, 0.1) is 10.7 Å². The van der Waals surface area contributed by atoms with Gasteiger partial charge in [-0.25, -0.2) is 0 Å². The van der Waals surface area contributed by atoms with Crippen LogP contribution >= 0.6 is 23.2 Å². The number of alkyl halides is 3. The standard InChI is InChI=1S/C17H9Cl2F3N2O2/c18-12-3-6-14(19)15(8-12)24-16(25)11(9-23)7-10-1-4-13(5-2-10)26-17(20,21)22/h1-8H,(H,24,25)/b11-7+. The third kappa shape index (κ3) is 5.69. The topological polar surface area (TPSA) is 62.1 Å². The molecule has 0 aromatic heterocycles. The summed E-state index contributed by atoms with van der Waals surface area (Å²) in [5.41, 5.74) is 0.285. The Kier molecular flexibility index (Phi) is 6.14. The van der Waals surface area contributed by atoms with Gasteiger partial charge in [0.1, 0.15) is 17.4 Å². The van der Waals surface area contributed by atoms with Crippen LogP contribution < -0.4 is 10.1 Å². The van der Waals surface area contributed by atoms with Gasteiger partial charge in [-0.1, -0.05) is 35.3 Å². The predicted octanol–water partition coefficient (Wildman–Crippen LogP) is 5.44. The van der Waals surface area contributed by atoms with E-state index in [1.807, 2.05) is 0 Å². The molecule has 4 nitrogen and oxygen atoms in total. The van der Waals surface area contributed by atoms with Crippen molar-refractivity contribution in [3.05, 3.63) is 63.6 Å². The fourth-order valence-corrected chi connectivity index (χ4v) is 2.20. The van der Waals surface area contributed by atoms with Crippen molar-refractivity contribution < 1.29 is 22.7 Å². The monoisotopic (exact) mass is 400 g/mol. The SMILES string of the molecule is N#C/C(=C\c1ccc(OC(F)(F)F)cc1)C(=O)Nc1cc(Cl)ccc1Cl. The molecule has 0 fully saturated rings. The predicted molar refractivity (Wildman–Crippen MR) is 91.8 cm³/mol. The van der Waals surface area contributed by atoms with Crippen molar-refractivity contribution in [2.24, 2.45) is 0 Å². The van der Waals surface area contributed by atoms with E-state index in [0.29, 0.717) is 10.6 Å². The number of hydrogen-bond acceptors (Lipinski definition) is 3. The molecule has 0 radical (unpaired) electrons. The summed E-state index contributed by atoms with van der Waals surface area (Å²) in [4.78, 5) is 12.2. The van der Waals surface area contributed by atoms with E-state index in [-0.39, 0.29) is 16.3 Å². The van der Waals surface area contributed by atoms with E-state index in [0.717, 1.165) is 12.1 Å². The Hall–Kier alpha value is -2.69. The van der Waals surface area contributed by atoms with Crippen molar-refractivity contribution in [2.75, 3.05) is 5.32 Å². The number of halogens is 5. The number of rotatable bonds is 4. The summed E-state index contributed by atoms with van der Waals surface area (Å²) < 4.78 is 40.1. The molecule has 0 spiro atoms. The van der Waals surface area contributed by atoms with Crippen molar-refractivity contribution in [3.8, 4) is 11.8 Å². The van der Waals surface area contributed by atoms with E-state index in [1.165, 1.54) is 36.4 Å². The number of carbonyl (C=O) groups is 1. The fourth-order valence-electron chi connectivity index (χ4n) is 1.86. The van der Waals surface area contributed by atoms with Crippen LogP contribution in [0.4, 0.5) is 18.9 Å². The Morgan fingerprint density at radius 2 is 1.81 bits per heavy atom. The van der Waals surface area contributed by atoms with Gasteiger partial charge in [0.15, 0.2) is 0 Å². The van der Waals surface area contributed by atoms with Crippen LogP contribution in [0.3, 0.4) is 0 Å². The second-order valence-electron chi connectivity index (χ2n) is 4.86. The second-order valence-corrected chi connectivity index (χ2v) is 5.71. The molecule has 9 heteroatoms. The van der Waals surface area contributed by atoms with Crippen molar-refractivity contribution in [1.82, 2.24) is 0 Å². The Morgan fingerprint density at radius 1 is 1.15 bits per heavy atom. The lowest BCUT2D eigenvalue weighted by Crippen LogP contribution is -2.17. The number of hydrogen-bond donors (Lipinski definition) is 1. The highest BCUT2D eigenvalue weighted by Crippen LogP contribution is 2.26. The summed E-state index contributed by atoms with van der Waals surface area (Å²) in [6.07, 6.45) is -3.59. The molecule has 1 N–H and O–H groups in total. The van der Waals surface area contributed by atoms with Gasteiger partial charge in [0.2, 0.25) is 0 Å². The van der Waals surface area contributed by atoms with Gasteiger partial charge in [-0.15, -0.1) is 13.2 Å². The third-order valence-electron chi connectivity index (χ3n) is 2.97. The van der Waals surface area contributed by atoms with Gasteiger partial charge in [0, 0.05) is 5.02 Å². The summed E-state index contributed by atoms with van der Waals surface area (Å²) in [7, 11) is 0. The van der Waals surface area contributed by atoms with Gasteiger partial charge >= 0.3 is 6.36 Å². The van der Waals surface area contributed by atoms with Crippen LogP contribution in [0.15, 0.2) is 48.0 Å². The van der Waals surface area contributed by atoms with E-state index >= 15 is 0 Å².